The van der Waals surface area contributed by atoms with Gasteiger partial charge in [0.15, 0.2) is 0 Å². The quantitative estimate of drug-likeness (QED) is 0.353. The summed E-state index contributed by atoms with van der Waals surface area (Å²) >= 11 is 6.35. The third-order valence-corrected chi connectivity index (χ3v) is 8.58. The first kappa shape index (κ1) is 25.1. The number of carbonyl (C=O) groups is 2. The van der Waals surface area contributed by atoms with Crippen LogP contribution in [0.5, 0.6) is 5.75 Å². The van der Waals surface area contributed by atoms with Gasteiger partial charge in [-0.3, -0.25) is 0 Å². The van der Waals surface area contributed by atoms with Crippen molar-refractivity contribution in [2.45, 2.75) is 70.8 Å². The van der Waals surface area contributed by atoms with Crippen molar-refractivity contribution in [3.05, 3.63) is 58.1 Å². The number of anilines is 1. The predicted octanol–water partition coefficient (Wildman–Crippen LogP) is 6.38. The van der Waals surface area contributed by atoms with E-state index in [2.05, 4.69) is 24.0 Å². The number of ether oxygens (including phenoxy) is 2. The molecule has 0 unspecified atom stereocenters. The van der Waals surface area contributed by atoms with E-state index in [0.717, 1.165) is 67.9 Å². The van der Waals surface area contributed by atoms with Gasteiger partial charge in [0, 0.05) is 28.9 Å². The van der Waals surface area contributed by atoms with Gasteiger partial charge in [-0.25, -0.2) is 4.79 Å². The highest BCUT2D eigenvalue weighted by Gasteiger charge is 2.46. The molecule has 5 nitrogen and oxygen atoms in total. The summed E-state index contributed by atoms with van der Waals surface area (Å²) in [5.41, 5.74) is 2.93. The van der Waals surface area contributed by atoms with Gasteiger partial charge in [-0.15, -0.1) is 0 Å². The van der Waals surface area contributed by atoms with Crippen molar-refractivity contribution in [2.24, 2.45) is 11.3 Å². The zero-order valence-electron chi connectivity index (χ0n) is 21.7. The van der Waals surface area contributed by atoms with E-state index in [1.54, 1.807) is 6.07 Å². The van der Waals surface area contributed by atoms with Gasteiger partial charge in [0.2, 0.25) is 0 Å². The van der Waals surface area contributed by atoms with Crippen LogP contribution in [-0.4, -0.2) is 37.6 Å². The van der Waals surface area contributed by atoms with Crippen LogP contribution in [0.1, 0.15) is 74.9 Å². The lowest BCUT2D eigenvalue weighted by Gasteiger charge is -2.47. The fourth-order valence-electron chi connectivity index (χ4n) is 6.10. The third kappa shape index (κ3) is 4.63. The van der Waals surface area contributed by atoms with Gasteiger partial charge in [0.1, 0.15) is 17.6 Å². The normalized spacial score (nSPS) is 27.2. The van der Waals surface area contributed by atoms with E-state index in [4.69, 9.17) is 21.1 Å². The summed E-state index contributed by atoms with van der Waals surface area (Å²) in [5, 5.41) is 0.763. The number of benzene rings is 2. The molecule has 6 heteroatoms. The Morgan fingerprint density at radius 3 is 2.72 bits per heavy atom. The Bertz CT molecular complexity index is 1190. The highest BCUT2D eigenvalue weighted by Crippen LogP contribution is 2.49. The molecule has 1 fully saturated rings. The summed E-state index contributed by atoms with van der Waals surface area (Å²) in [7, 11) is 0. The number of aryl methyl sites for hydroxylation is 1. The summed E-state index contributed by atoms with van der Waals surface area (Å²) in [4.78, 5) is 27.2. The molecule has 1 heterocycles. The number of fused-ring (bicyclic) bond motifs is 3. The van der Waals surface area contributed by atoms with E-state index in [-0.39, 0.29) is 22.7 Å². The highest BCUT2D eigenvalue weighted by atomic mass is 35.5. The van der Waals surface area contributed by atoms with Crippen LogP contribution in [0.25, 0.3) is 0 Å². The first-order valence-corrected chi connectivity index (χ1v) is 13.4. The largest absolute Gasteiger partial charge is 0.490 e. The number of esters is 1. The van der Waals surface area contributed by atoms with Crippen molar-refractivity contribution in [3.63, 3.8) is 0 Å². The molecule has 0 bridgehead atoms. The Labute approximate surface area is 219 Å². The smallest absolute Gasteiger partial charge is 0.338 e. The lowest BCUT2D eigenvalue weighted by Crippen LogP contribution is -2.51. The minimum absolute atomic E-state index is 0.190. The predicted molar refractivity (Wildman–Crippen MR) is 142 cm³/mol. The van der Waals surface area contributed by atoms with E-state index in [9.17, 15) is 9.59 Å². The van der Waals surface area contributed by atoms with Crippen molar-refractivity contribution >= 4 is 29.5 Å². The molecular weight excluding hydrogens is 474 g/mol. The number of rotatable bonds is 4. The summed E-state index contributed by atoms with van der Waals surface area (Å²) in [6, 6.07) is 11.8. The van der Waals surface area contributed by atoms with Crippen LogP contribution in [0.3, 0.4) is 0 Å². The number of hydrogen-bond acceptors (Lipinski definition) is 5. The molecule has 0 aromatic heterocycles. The fraction of sp³-hybridized carbons (Fsp3) is 0.533. The zero-order valence-corrected chi connectivity index (χ0v) is 22.5. The average Bonchev–Trinajstić information content (AvgIpc) is 2.97. The van der Waals surface area contributed by atoms with Crippen LogP contribution in [0.2, 0.25) is 5.02 Å². The molecule has 1 spiro atoms. The molecule has 36 heavy (non-hydrogen) atoms. The number of aldehydes is 1. The fourth-order valence-corrected chi connectivity index (χ4v) is 6.30. The van der Waals surface area contributed by atoms with Crippen LogP contribution >= 0.6 is 11.6 Å². The van der Waals surface area contributed by atoms with Crippen molar-refractivity contribution in [1.82, 2.24) is 0 Å². The molecule has 2 aliphatic carbocycles. The molecule has 5 rings (SSSR count). The van der Waals surface area contributed by atoms with Crippen molar-refractivity contribution in [1.29, 1.82) is 0 Å². The van der Waals surface area contributed by atoms with Gasteiger partial charge >= 0.3 is 5.97 Å². The number of hydrogen-bond donors (Lipinski definition) is 0. The molecule has 1 aliphatic heterocycles. The number of carbonyl (C=O) groups excluding carboxylic acids is 2. The van der Waals surface area contributed by atoms with E-state index in [0.29, 0.717) is 12.2 Å². The van der Waals surface area contributed by atoms with E-state index < -0.39 is 5.60 Å². The standard InChI is InChI=1S/C30H36ClNO4/c1-28(2,3)36-27(34)21-7-10-26-25(15-21)32(16-22-11-13-29(22,4)18-33)17-30(19-35-26)12-5-6-20-14-23(31)8-9-24(20)30/h7-10,14-15,18,22H,5-6,11-13,16-17,19H2,1-4H3/t22-,29-,30+/m1/s1. The van der Waals surface area contributed by atoms with Gasteiger partial charge in [-0.2, -0.15) is 0 Å². The lowest BCUT2D eigenvalue weighted by molar-refractivity contribution is -0.123. The second-order valence-corrected chi connectivity index (χ2v) is 12.6. The van der Waals surface area contributed by atoms with E-state index >= 15 is 0 Å². The topological polar surface area (TPSA) is 55.8 Å². The Balaban J connectivity index is 1.55. The van der Waals surface area contributed by atoms with Gasteiger partial charge < -0.3 is 19.2 Å². The van der Waals surface area contributed by atoms with Crippen LogP contribution in [0, 0.1) is 11.3 Å². The maximum absolute atomic E-state index is 12.9. The minimum Gasteiger partial charge on any atom is -0.490 e. The molecule has 2 aromatic carbocycles. The van der Waals surface area contributed by atoms with E-state index in [1.807, 2.05) is 39.0 Å². The average molecular weight is 510 g/mol. The Morgan fingerprint density at radius 2 is 2.03 bits per heavy atom. The molecule has 3 aliphatic rings. The highest BCUT2D eigenvalue weighted by molar-refractivity contribution is 6.30. The van der Waals surface area contributed by atoms with Crippen LogP contribution in [-0.2, 0) is 21.4 Å². The summed E-state index contributed by atoms with van der Waals surface area (Å²) < 4.78 is 12.2. The maximum Gasteiger partial charge on any atom is 0.338 e. The summed E-state index contributed by atoms with van der Waals surface area (Å²) in [6.45, 7) is 9.75. The van der Waals surface area contributed by atoms with Crippen LogP contribution < -0.4 is 9.64 Å². The second kappa shape index (κ2) is 9.09. The van der Waals surface area contributed by atoms with Crippen molar-refractivity contribution in [2.75, 3.05) is 24.6 Å². The van der Waals surface area contributed by atoms with Crippen LogP contribution in [0.4, 0.5) is 5.69 Å². The second-order valence-electron chi connectivity index (χ2n) is 12.1. The van der Waals surface area contributed by atoms with Gasteiger partial charge in [0.25, 0.3) is 0 Å². The number of halogens is 1. The van der Waals surface area contributed by atoms with E-state index in [1.165, 1.54) is 11.1 Å². The molecule has 0 saturated heterocycles. The monoisotopic (exact) mass is 509 g/mol. The molecule has 1 saturated carbocycles. The lowest BCUT2D eigenvalue weighted by atomic mass is 9.62. The molecule has 0 amide bonds. The van der Waals surface area contributed by atoms with Gasteiger partial charge in [-0.05, 0) is 100 Å². The Morgan fingerprint density at radius 1 is 1.22 bits per heavy atom. The Kier molecular flexibility index (Phi) is 6.35. The first-order chi connectivity index (χ1) is 17.0. The SMILES string of the molecule is CC(C)(C)OC(=O)c1ccc2c(c1)N(C[C@H]1CC[C@]1(C)C=O)C[C@@]1(CCCc3cc(Cl)ccc31)CO2. The Hall–Kier alpha value is -2.53. The van der Waals surface area contributed by atoms with Gasteiger partial charge in [-0.1, -0.05) is 24.6 Å². The van der Waals surface area contributed by atoms with Gasteiger partial charge in [0.05, 0.1) is 17.9 Å². The van der Waals surface area contributed by atoms with Crippen molar-refractivity contribution in [3.8, 4) is 5.75 Å². The molecular formula is C30H36ClNO4. The molecule has 0 N–H and O–H groups in total. The molecule has 0 radical (unpaired) electrons. The molecule has 2 aromatic rings. The zero-order chi connectivity index (χ0) is 25.7. The molecule has 3 atom stereocenters. The molecule has 192 valence electrons. The summed E-state index contributed by atoms with van der Waals surface area (Å²) in [5.74, 6) is 0.687. The summed E-state index contributed by atoms with van der Waals surface area (Å²) in [6.07, 6.45) is 6.16. The van der Waals surface area contributed by atoms with Crippen LogP contribution in [0.15, 0.2) is 36.4 Å². The third-order valence-electron chi connectivity index (χ3n) is 8.35. The number of nitrogens with zero attached hydrogens (tertiary/aromatic N) is 1. The van der Waals surface area contributed by atoms with Crippen molar-refractivity contribution < 1.29 is 19.1 Å². The first-order valence-electron chi connectivity index (χ1n) is 13.0. The minimum atomic E-state index is -0.574. The maximum atomic E-state index is 12.9.